The Morgan fingerprint density at radius 3 is 2.45 bits per heavy atom. The highest BCUT2D eigenvalue weighted by molar-refractivity contribution is 9.10. The number of para-hydroxylation sites is 1. The summed E-state index contributed by atoms with van der Waals surface area (Å²) in [5, 5.41) is 0. The van der Waals surface area contributed by atoms with Gasteiger partial charge < -0.3 is 10.6 Å². The number of hydrogen-bond donors (Lipinski definition) is 1. The molecule has 1 atom stereocenters. The summed E-state index contributed by atoms with van der Waals surface area (Å²) in [7, 11) is 0. The maximum absolute atomic E-state index is 6.13. The van der Waals surface area contributed by atoms with E-state index < -0.39 is 0 Å². The Bertz CT molecular complexity index is 593. The first-order chi connectivity index (χ1) is 9.54. The first-order valence-corrected chi connectivity index (χ1v) is 7.72. The lowest BCUT2D eigenvalue weighted by atomic mass is 10.0. The standard InChI is InChI=1S/C17H21BrN2/c1-4-20(16-8-6-5-7-12(16)2)17-11-14(18)9-10-15(17)13(3)19/h5-11,13H,4,19H2,1-3H3. The Labute approximate surface area is 129 Å². The lowest BCUT2D eigenvalue weighted by Gasteiger charge is -2.28. The van der Waals surface area contributed by atoms with E-state index in [0.29, 0.717) is 0 Å². The third kappa shape index (κ3) is 3.05. The van der Waals surface area contributed by atoms with Crippen molar-refractivity contribution in [1.29, 1.82) is 0 Å². The van der Waals surface area contributed by atoms with Crippen LogP contribution in [0.25, 0.3) is 0 Å². The Morgan fingerprint density at radius 2 is 1.85 bits per heavy atom. The van der Waals surface area contributed by atoms with Crippen LogP contribution in [0.15, 0.2) is 46.9 Å². The molecule has 0 aliphatic carbocycles. The van der Waals surface area contributed by atoms with Crippen LogP contribution in [0.3, 0.4) is 0 Å². The molecule has 2 nitrogen and oxygen atoms in total. The van der Waals surface area contributed by atoms with Crippen molar-refractivity contribution in [2.75, 3.05) is 11.4 Å². The molecule has 2 aromatic carbocycles. The molecule has 2 N–H and O–H groups in total. The SMILES string of the molecule is CCN(c1ccccc1C)c1cc(Br)ccc1C(C)N. The van der Waals surface area contributed by atoms with E-state index in [2.05, 4.69) is 71.1 Å². The van der Waals surface area contributed by atoms with Gasteiger partial charge in [0.25, 0.3) is 0 Å². The third-order valence-corrected chi connectivity index (χ3v) is 3.99. The highest BCUT2D eigenvalue weighted by atomic mass is 79.9. The first kappa shape index (κ1) is 15.1. The highest BCUT2D eigenvalue weighted by Crippen LogP contribution is 2.34. The number of benzene rings is 2. The van der Waals surface area contributed by atoms with Gasteiger partial charge in [-0.05, 0) is 50.1 Å². The van der Waals surface area contributed by atoms with Crippen LogP contribution in [0.2, 0.25) is 0 Å². The van der Waals surface area contributed by atoms with Crippen LogP contribution in [0.5, 0.6) is 0 Å². The lowest BCUT2D eigenvalue weighted by Crippen LogP contribution is -2.20. The van der Waals surface area contributed by atoms with E-state index in [1.165, 1.54) is 22.5 Å². The second-order valence-electron chi connectivity index (χ2n) is 5.02. The van der Waals surface area contributed by atoms with Gasteiger partial charge in [-0.3, -0.25) is 0 Å². The summed E-state index contributed by atoms with van der Waals surface area (Å²) in [6.45, 7) is 7.24. The Balaban J connectivity index is 2.57. The zero-order chi connectivity index (χ0) is 14.7. The van der Waals surface area contributed by atoms with Gasteiger partial charge in [0.2, 0.25) is 0 Å². The van der Waals surface area contributed by atoms with Crippen LogP contribution < -0.4 is 10.6 Å². The maximum atomic E-state index is 6.13. The molecule has 0 amide bonds. The van der Waals surface area contributed by atoms with Gasteiger partial charge in [-0.25, -0.2) is 0 Å². The van der Waals surface area contributed by atoms with Crippen LogP contribution in [0.1, 0.15) is 31.0 Å². The number of hydrogen-bond acceptors (Lipinski definition) is 2. The maximum Gasteiger partial charge on any atom is 0.0470 e. The van der Waals surface area contributed by atoms with Gasteiger partial charge in [0.15, 0.2) is 0 Å². The summed E-state index contributed by atoms with van der Waals surface area (Å²) in [6.07, 6.45) is 0. The molecule has 106 valence electrons. The van der Waals surface area contributed by atoms with Crippen molar-refractivity contribution >= 4 is 27.3 Å². The number of aryl methyl sites for hydroxylation is 1. The molecule has 0 radical (unpaired) electrons. The zero-order valence-corrected chi connectivity index (χ0v) is 13.8. The van der Waals surface area contributed by atoms with E-state index in [1.54, 1.807) is 0 Å². The number of anilines is 2. The van der Waals surface area contributed by atoms with E-state index in [-0.39, 0.29) is 6.04 Å². The third-order valence-electron chi connectivity index (χ3n) is 3.50. The fourth-order valence-corrected chi connectivity index (χ4v) is 2.82. The van der Waals surface area contributed by atoms with Gasteiger partial charge in [0.05, 0.1) is 0 Å². The largest absolute Gasteiger partial charge is 0.341 e. The summed E-state index contributed by atoms with van der Waals surface area (Å²) in [4.78, 5) is 2.32. The van der Waals surface area contributed by atoms with Crippen molar-refractivity contribution in [2.24, 2.45) is 5.73 Å². The predicted molar refractivity (Wildman–Crippen MR) is 90.6 cm³/mol. The van der Waals surface area contributed by atoms with Crippen molar-refractivity contribution < 1.29 is 0 Å². The average molecular weight is 333 g/mol. The van der Waals surface area contributed by atoms with Gasteiger partial charge in [-0.15, -0.1) is 0 Å². The molecule has 0 saturated heterocycles. The first-order valence-electron chi connectivity index (χ1n) is 6.92. The average Bonchev–Trinajstić information content (AvgIpc) is 2.41. The second kappa shape index (κ2) is 6.42. The number of nitrogens with two attached hydrogens (primary N) is 1. The van der Waals surface area contributed by atoms with Gasteiger partial charge in [-0.1, -0.05) is 40.2 Å². The van der Waals surface area contributed by atoms with Gasteiger partial charge in [0.1, 0.15) is 0 Å². The molecular formula is C17H21BrN2. The van der Waals surface area contributed by atoms with E-state index in [0.717, 1.165) is 11.0 Å². The predicted octanol–water partition coefficient (Wildman–Crippen LogP) is 4.94. The van der Waals surface area contributed by atoms with Crippen LogP contribution >= 0.6 is 15.9 Å². The molecule has 2 rings (SSSR count). The summed E-state index contributed by atoms with van der Waals surface area (Å²) in [6, 6.07) is 14.8. The molecule has 0 aliphatic rings. The van der Waals surface area contributed by atoms with Crippen LogP contribution in [-0.2, 0) is 0 Å². The lowest BCUT2D eigenvalue weighted by molar-refractivity contribution is 0.810. The van der Waals surface area contributed by atoms with Crippen molar-refractivity contribution in [2.45, 2.75) is 26.8 Å². The fraction of sp³-hybridized carbons (Fsp3) is 0.294. The van der Waals surface area contributed by atoms with E-state index in [4.69, 9.17) is 5.73 Å². The molecule has 0 spiro atoms. The van der Waals surface area contributed by atoms with Gasteiger partial charge in [-0.2, -0.15) is 0 Å². The van der Waals surface area contributed by atoms with E-state index >= 15 is 0 Å². The van der Waals surface area contributed by atoms with Gasteiger partial charge >= 0.3 is 0 Å². The van der Waals surface area contributed by atoms with Crippen molar-refractivity contribution in [3.8, 4) is 0 Å². The van der Waals surface area contributed by atoms with Crippen molar-refractivity contribution in [1.82, 2.24) is 0 Å². The van der Waals surface area contributed by atoms with Crippen molar-refractivity contribution in [3.05, 3.63) is 58.1 Å². The molecule has 0 aliphatic heterocycles. The van der Waals surface area contributed by atoms with Crippen LogP contribution in [0, 0.1) is 6.92 Å². The zero-order valence-electron chi connectivity index (χ0n) is 12.2. The molecular weight excluding hydrogens is 312 g/mol. The molecule has 2 aromatic rings. The molecule has 0 saturated carbocycles. The summed E-state index contributed by atoms with van der Waals surface area (Å²) < 4.78 is 1.07. The number of nitrogens with zero attached hydrogens (tertiary/aromatic N) is 1. The molecule has 20 heavy (non-hydrogen) atoms. The Morgan fingerprint density at radius 1 is 1.15 bits per heavy atom. The van der Waals surface area contributed by atoms with Crippen LogP contribution in [-0.4, -0.2) is 6.54 Å². The second-order valence-corrected chi connectivity index (χ2v) is 5.94. The minimum absolute atomic E-state index is 0.0103. The minimum atomic E-state index is 0.0103. The Kier molecular flexibility index (Phi) is 4.84. The molecule has 0 bridgehead atoms. The molecule has 1 unspecified atom stereocenters. The monoisotopic (exact) mass is 332 g/mol. The Hall–Kier alpha value is -1.32. The van der Waals surface area contributed by atoms with E-state index in [1.807, 2.05) is 13.0 Å². The smallest absolute Gasteiger partial charge is 0.0470 e. The molecule has 0 aromatic heterocycles. The summed E-state index contributed by atoms with van der Waals surface area (Å²) in [5.41, 5.74) is 11.0. The molecule has 3 heteroatoms. The quantitative estimate of drug-likeness (QED) is 0.859. The molecule has 0 fully saturated rings. The molecule has 0 heterocycles. The normalized spacial score (nSPS) is 12.2. The summed E-state index contributed by atoms with van der Waals surface area (Å²) >= 11 is 3.57. The van der Waals surface area contributed by atoms with Crippen molar-refractivity contribution in [3.63, 3.8) is 0 Å². The number of rotatable bonds is 4. The highest BCUT2D eigenvalue weighted by Gasteiger charge is 2.15. The van der Waals surface area contributed by atoms with E-state index in [9.17, 15) is 0 Å². The van der Waals surface area contributed by atoms with Crippen LogP contribution in [0.4, 0.5) is 11.4 Å². The summed E-state index contributed by atoms with van der Waals surface area (Å²) in [5.74, 6) is 0. The fourth-order valence-electron chi connectivity index (χ4n) is 2.47. The minimum Gasteiger partial charge on any atom is -0.341 e. The topological polar surface area (TPSA) is 29.3 Å². The number of halogens is 1. The van der Waals surface area contributed by atoms with Gasteiger partial charge in [0, 0.05) is 28.4 Å².